The van der Waals surface area contributed by atoms with Gasteiger partial charge in [-0.2, -0.15) is 4.57 Å². The van der Waals surface area contributed by atoms with E-state index in [2.05, 4.69) is 0 Å². The molecule has 2 rings (SSSR count). The van der Waals surface area contributed by atoms with Gasteiger partial charge >= 0.3 is 5.97 Å². The van der Waals surface area contributed by atoms with Crippen LogP contribution in [0.1, 0.15) is 18.4 Å². The van der Waals surface area contributed by atoms with Gasteiger partial charge in [0, 0.05) is 12.1 Å². The molecule has 0 unspecified atom stereocenters. The Labute approximate surface area is 114 Å². The van der Waals surface area contributed by atoms with E-state index in [1.54, 1.807) is 0 Å². The number of carbonyl (C=O) groups excluding carboxylic acids is 1. The molecular formula is C16H19NO2. The Morgan fingerprint density at radius 1 is 1.11 bits per heavy atom. The first kappa shape index (κ1) is 14.9. The van der Waals surface area contributed by atoms with Gasteiger partial charge in [-0.15, -0.1) is 0 Å². The summed E-state index contributed by atoms with van der Waals surface area (Å²) >= 11 is 0. The number of nitrogens with zero attached hydrogens (tertiary/aromatic N) is 1. The molecule has 2 aromatic rings. The van der Waals surface area contributed by atoms with E-state index in [0.29, 0.717) is 0 Å². The molecule has 0 aliphatic rings. The third-order valence-electron chi connectivity index (χ3n) is 2.79. The highest BCUT2D eigenvalue weighted by atomic mass is 16.5. The number of hydrogen-bond donors (Lipinski definition) is 0. The van der Waals surface area contributed by atoms with Crippen molar-refractivity contribution in [2.24, 2.45) is 0 Å². The van der Waals surface area contributed by atoms with Crippen LogP contribution in [0, 0.1) is 7.43 Å². The van der Waals surface area contributed by atoms with Crippen molar-refractivity contribution in [1.29, 1.82) is 0 Å². The van der Waals surface area contributed by atoms with Crippen LogP contribution in [0.2, 0.25) is 0 Å². The van der Waals surface area contributed by atoms with Gasteiger partial charge in [-0.3, -0.25) is 4.79 Å². The van der Waals surface area contributed by atoms with Gasteiger partial charge in [-0.25, -0.2) is 0 Å². The minimum atomic E-state index is -0.240. The molecule has 0 fully saturated rings. The number of carbonyl (C=O) groups is 1. The normalized spacial score (nSPS) is 11.2. The first-order chi connectivity index (χ1) is 8.77. The maximum absolute atomic E-state index is 11.9. The zero-order valence-electron chi connectivity index (χ0n) is 11.3. The SMILES string of the molecule is C[C@H](C(=O)OC[n+]1ccccc1)c1ccccc1.[CH3-]. The zero-order chi connectivity index (χ0) is 12.8. The van der Waals surface area contributed by atoms with E-state index in [1.807, 2.05) is 72.4 Å². The number of benzene rings is 1. The lowest BCUT2D eigenvalue weighted by Gasteiger charge is -2.09. The maximum Gasteiger partial charge on any atom is 0.317 e. The topological polar surface area (TPSA) is 30.2 Å². The molecule has 0 saturated carbocycles. The second-order valence-electron chi connectivity index (χ2n) is 4.11. The van der Waals surface area contributed by atoms with Gasteiger partial charge in [0.15, 0.2) is 12.4 Å². The predicted molar refractivity (Wildman–Crippen MR) is 74.0 cm³/mol. The Kier molecular flexibility index (Phi) is 5.73. The molecule has 3 heteroatoms. The number of aromatic nitrogens is 1. The molecule has 0 N–H and O–H groups in total. The Bertz CT molecular complexity index is 497. The van der Waals surface area contributed by atoms with Crippen LogP contribution in [0.25, 0.3) is 0 Å². The maximum atomic E-state index is 11.9. The molecule has 3 nitrogen and oxygen atoms in total. The van der Waals surface area contributed by atoms with Crippen LogP contribution in [0.4, 0.5) is 0 Å². The highest BCUT2D eigenvalue weighted by Crippen LogP contribution is 2.15. The summed E-state index contributed by atoms with van der Waals surface area (Å²) < 4.78 is 7.08. The molecule has 100 valence electrons. The van der Waals surface area contributed by atoms with Crippen molar-refractivity contribution in [2.75, 3.05) is 0 Å². The van der Waals surface area contributed by atoms with E-state index in [1.165, 1.54) is 0 Å². The van der Waals surface area contributed by atoms with Crippen molar-refractivity contribution in [3.63, 3.8) is 0 Å². The summed E-state index contributed by atoms with van der Waals surface area (Å²) in [5.41, 5.74) is 0.973. The Morgan fingerprint density at radius 2 is 1.68 bits per heavy atom. The minimum absolute atomic E-state index is 0. The fraction of sp³-hybridized carbons (Fsp3) is 0.188. The second kappa shape index (κ2) is 7.31. The number of esters is 1. The van der Waals surface area contributed by atoms with Gasteiger partial charge in [0.1, 0.15) is 0 Å². The van der Waals surface area contributed by atoms with E-state index >= 15 is 0 Å². The summed E-state index contributed by atoms with van der Waals surface area (Å²) in [4.78, 5) is 11.9. The standard InChI is InChI=1S/C15H16NO2.CH3/c1-13(14-8-4-2-5-9-14)15(17)18-12-16-10-6-3-7-11-16;/h2-11,13H,12H2,1H3;1H3/q+1;-1/t13-;/m0./s1. The minimum Gasteiger partial charge on any atom is -0.404 e. The van der Waals surface area contributed by atoms with Gasteiger partial charge in [0.25, 0.3) is 6.73 Å². The Morgan fingerprint density at radius 3 is 2.32 bits per heavy atom. The van der Waals surface area contributed by atoms with E-state index in [-0.39, 0.29) is 26.0 Å². The van der Waals surface area contributed by atoms with Crippen molar-refractivity contribution in [2.45, 2.75) is 19.6 Å². The molecule has 0 aliphatic carbocycles. The lowest BCUT2D eigenvalue weighted by atomic mass is 10.0. The van der Waals surface area contributed by atoms with Crippen LogP contribution in [0.3, 0.4) is 0 Å². The molecule has 1 atom stereocenters. The molecular weight excluding hydrogens is 238 g/mol. The van der Waals surface area contributed by atoms with E-state index in [9.17, 15) is 4.79 Å². The molecule has 19 heavy (non-hydrogen) atoms. The molecule has 1 aromatic carbocycles. The highest BCUT2D eigenvalue weighted by molar-refractivity contribution is 5.77. The van der Waals surface area contributed by atoms with Gasteiger partial charge in [0.2, 0.25) is 0 Å². The van der Waals surface area contributed by atoms with E-state index in [4.69, 9.17) is 4.74 Å². The molecule has 0 aliphatic heterocycles. The average molecular weight is 257 g/mol. The first-order valence-corrected chi connectivity index (χ1v) is 5.93. The molecule has 0 bridgehead atoms. The molecule has 1 heterocycles. The van der Waals surface area contributed by atoms with Crippen LogP contribution in [-0.4, -0.2) is 5.97 Å². The summed E-state index contributed by atoms with van der Waals surface area (Å²) in [5.74, 6) is -0.451. The van der Waals surface area contributed by atoms with Crippen LogP contribution < -0.4 is 4.57 Å². The molecule has 0 radical (unpaired) electrons. The molecule has 0 amide bonds. The van der Waals surface area contributed by atoms with Gasteiger partial charge in [0.05, 0.1) is 5.92 Å². The van der Waals surface area contributed by atoms with Crippen LogP contribution in [0.5, 0.6) is 0 Å². The predicted octanol–water partition coefficient (Wildman–Crippen LogP) is 2.73. The quantitative estimate of drug-likeness (QED) is 0.479. The molecule has 1 aromatic heterocycles. The number of hydrogen-bond acceptors (Lipinski definition) is 2. The number of ether oxygens (including phenoxy) is 1. The summed E-state index contributed by atoms with van der Waals surface area (Å²) in [5, 5.41) is 0. The highest BCUT2D eigenvalue weighted by Gasteiger charge is 2.17. The summed E-state index contributed by atoms with van der Waals surface area (Å²) in [6.45, 7) is 2.10. The second-order valence-corrected chi connectivity index (χ2v) is 4.11. The van der Waals surface area contributed by atoms with Crippen molar-refractivity contribution in [3.8, 4) is 0 Å². The Hall–Kier alpha value is -2.16. The van der Waals surface area contributed by atoms with Crippen molar-refractivity contribution < 1.29 is 14.1 Å². The number of rotatable bonds is 4. The van der Waals surface area contributed by atoms with Gasteiger partial charge in [-0.1, -0.05) is 36.4 Å². The average Bonchev–Trinajstić information content (AvgIpc) is 2.46. The lowest BCUT2D eigenvalue weighted by molar-refractivity contribution is -0.727. The first-order valence-electron chi connectivity index (χ1n) is 5.93. The van der Waals surface area contributed by atoms with Crippen molar-refractivity contribution in [1.82, 2.24) is 0 Å². The third-order valence-corrected chi connectivity index (χ3v) is 2.79. The van der Waals surface area contributed by atoms with Crippen LogP contribution >= 0.6 is 0 Å². The monoisotopic (exact) mass is 257 g/mol. The fourth-order valence-electron chi connectivity index (χ4n) is 1.66. The van der Waals surface area contributed by atoms with E-state index < -0.39 is 0 Å². The van der Waals surface area contributed by atoms with Crippen LogP contribution in [-0.2, 0) is 16.3 Å². The summed E-state index contributed by atoms with van der Waals surface area (Å²) in [6.07, 6.45) is 3.72. The van der Waals surface area contributed by atoms with Crippen LogP contribution in [0.15, 0.2) is 60.9 Å². The summed E-state index contributed by atoms with van der Waals surface area (Å²) in [6, 6.07) is 15.4. The zero-order valence-corrected chi connectivity index (χ0v) is 11.3. The van der Waals surface area contributed by atoms with Gasteiger partial charge in [-0.05, 0) is 12.5 Å². The summed E-state index contributed by atoms with van der Waals surface area (Å²) in [7, 11) is 0. The van der Waals surface area contributed by atoms with Crippen molar-refractivity contribution >= 4 is 5.97 Å². The van der Waals surface area contributed by atoms with E-state index in [0.717, 1.165) is 5.56 Å². The Balaban J connectivity index is 0.00000180. The largest absolute Gasteiger partial charge is 0.404 e. The smallest absolute Gasteiger partial charge is 0.317 e. The third kappa shape index (κ3) is 4.21. The fourth-order valence-corrected chi connectivity index (χ4v) is 1.66. The van der Waals surface area contributed by atoms with Crippen molar-refractivity contribution in [3.05, 3.63) is 73.9 Å². The van der Waals surface area contributed by atoms with Gasteiger partial charge < -0.3 is 12.2 Å². The lowest BCUT2D eigenvalue weighted by Crippen LogP contribution is -2.35. The molecule has 0 spiro atoms. The number of pyridine rings is 1. The molecule has 0 saturated heterocycles.